The number of likely N-dealkylation sites (tertiary alicyclic amines) is 1. The summed E-state index contributed by atoms with van der Waals surface area (Å²) in [7, 11) is 0. The summed E-state index contributed by atoms with van der Waals surface area (Å²) in [6, 6.07) is -1.40. The highest BCUT2D eigenvalue weighted by atomic mass is 16.2. The van der Waals surface area contributed by atoms with Gasteiger partial charge in [-0.25, -0.2) is 0 Å². The minimum Gasteiger partial charge on any atom is -0.368 e. The van der Waals surface area contributed by atoms with E-state index in [1.807, 2.05) is 18.7 Å². The van der Waals surface area contributed by atoms with Crippen LogP contribution in [0.3, 0.4) is 0 Å². The standard InChI is InChI=1S/C10H21N3O.C9H17N3O3/c1-8(11)7-12-9(2)10(14)13-5-3-4-6-13;1-4-7(13)11-6(3)9(15)12-5(2)8(10)14/h8-9,12H,3-7,11H2,1-2H3;5-6H,4H2,1-3H3,(H2,10,14)(H,11,13)(H,12,15). The number of nitrogens with two attached hydrogens (primary N) is 2. The predicted octanol–water partition coefficient (Wildman–Crippen LogP) is -1.17. The smallest absolute Gasteiger partial charge is 0.242 e. The van der Waals surface area contributed by atoms with Gasteiger partial charge in [0.2, 0.25) is 23.6 Å². The van der Waals surface area contributed by atoms with E-state index in [1.165, 1.54) is 13.8 Å². The second-order valence-electron chi connectivity index (χ2n) is 7.42. The Morgan fingerprint density at radius 2 is 1.48 bits per heavy atom. The van der Waals surface area contributed by atoms with Crippen molar-refractivity contribution >= 4 is 23.6 Å². The first-order valence-electron chi connectivity index (χ1n) is 10.2. The topological polar surface area (TPSA) is 160 Å². The van der Waals surface area contributed by atoms with E-state index in [0.29, 0.717) is 13.0 Å². The Balaban J connectivity index is 0.000000541. The zero-order chi connectivity index (χ0) is 22.6. The quantitative estimate of drug-likeness (QED) is 0.319. The number of rotatable bonds is 9. The van der Waals surface area contributed by atoms with Crippen molar-refractivity contribution < 1.29 is 19.2 Å². The van der Waals surface area contributed by atoms with E-state index in [4.69, 9.17) is 11.5 Å². The summed E-state index contributed by atoms with van der Waals surface area (Å²) < 4.78 is 0. The van der Waals surface area contributed by atoms with Gasteiger partial charge in [0, 0.05) is 32.1 Å². The van der Waals surface area contributed by atoms with Crippen molar-refractivity contribution in [2.45, 2.75) is 78.0 Å². The molecule has 0 aromatic heterocycles. The van der Waals surface area contributed by atoms with Crippen molar-refractivity contribution in [3.63, 3.8) is 0 Å². The molecule has 0 aromatic carbocycles. The summed E-state index contributed by atoms with van der Waals surface area (Å²) in [5.41, 5.74) is 10.6. The molecule has 4 atom stereocenters. The molecule has 0 radical (unpaired) electrons. The van der Waals surface area contributed by atoms with Crippen molar-refractivity contribution in [1.82, 2.24) is 20.9 Å². The van der Waals surface area contributed by atoms with Crippen LogP contribution in [0.4, 0.5) is 0 Å². The summed E-state index contributed by atoms with van der Waals surface area (Å²) in [6.45, 7) is 11.1. The van der Waals surface area contributed by atoms with Crippen LogP contribution in [0.2, 0.25) is 0 Å². The van der Waals surface area contributed by atoms with Gasteiger partial charge in [0.1, 0.15) is 12.1 Å². The van der Waals surface area contributed by atoms with Crippen molar-refractivity contribution in [2.75, 3.05) is 19.6 Å². The van der Waals surface area contributed by atoms with Gasteiger partial charge < -0.3 is 32.3 Å². The zero-order valence-electron chi connectivity index (χ0n) is 18.3. The number of hydrogen-bond acceptors (Lipinski definition) is 6. The van der Waals surface area contributed by atoms with Gasteiger partial charge >= 0.3 is 0 Å². The molecule has 1 rings (SSSR count). The van der Waals surface area contributed by atoms with E-state index in [-0.39, 0.29) is 23.9 Å². The van der Waals surface area contributed by atoms with Gasteiger partial charge in [0.25, 0.3) is 0 Å². The fourth-order valence-electron chi connectivity index (χ4n) is 2.48. The minimum absolute atomic E-state index is 0.0981. The molecular formula is C19H38N6O4. The molecule has 1 heterocycles. The Kier molecular flexibility index (Phi) is 12.8. The maximum absolute atomic E-state index is 11.8. The lowest BCUT2D eigenvalue weighted by Gasteiger charge is -2.21. The Labute approximate surface area is 173 Å². The summed E-state index contributed by atoms with van der Waals surface area (Å²) in [5.74, 6) is -1.05. The maximum atomic E-state index is 11.8. The van der Waals surface area contributed by atoms with E-state index < -0.39 is 23.9 Å². The SMILES string of the molecule is CC(N)CNC(C)C(=O)N1CCCC1.CCC(=O)NC(C)C(=O)NC(C)C(N)=O. The number of carbonyl (C=O) groups is 4. The fraction of sp³-hybridized carbons (Fsp3) is 0.789. The van der Waals surface area contributed by atoms with Crippen molar-refractivity contribution in [1.29, 1.82) is 0 Å². The Morgan fingerprint density at radius 3 is 1.93 bits per heavy atom. The molecule has 10 heteroatoms. The lowest BCUT2D eigenvalue weighted by atomic mass is 10.2. The van der Waals surface area contributed by atoms with Gasteiger partial charge in [-0.1, -0.05) is 6.92 Å². The molecule has 1 fully saturated rings. The van der Waals surface area contributed by atoms with Crippen LogP contribution in [0.5, 0.6) is 0 Å². The molecule has 0 spiro atoms. The molecule has 1 aliphatic rings. The second-order valence-corrected chi connectivity index (χ2v) is 7.42. The van der Waals surface area contributed by atoms with E-state index in [9.17, 15) is 19.2 Å². The fourth-order valence-corrected chi connectivity index (χ4v) is 2.48. The predicted molar refractivity (Wildman–Crippen MR) is 112 cm³/mol. The zero-order valence-corrected chi connectivity index (χ0v) is 18.3. The Hall–Kier alpha value is -2.20. The van der Waals surface area contributed by atoms with E-state index in [1.54, 1.807) is 6.92 Å². The summed E-state index contributed by atoms with van der Waals surface area (Å²) in [6.07, 6.45) is 2.60. The van der Waals surface area contributed by atoms with E-state index in [0.717, 1.165) is 25.9 Å². The van der Waals surface area contributed by atoms with Crippen LogP contribution in [-0.2, 0) is 19.2 Å². The van der Waals surface area contributed by atoms with Crippen molar-refractivity contribution in [3.05, 3.63) is 0 Å². The number of carbonyl (C=O) groups excluding carboxylic acids is 4. The first kappa shape index (κ1) is 26.8. The molecule has 1 saturated heterocycles. The molecule has 0 bridgehead atoms. The monoisotopic (exact) mass is 414 g/mol. The molecule has 7 N–H and O–H groups in total. The average Bonchev–Trinajstić information content (AvgIpc) is 3.20. The number of nitrogens with zero attached hydrogens (tertiary/aromatic N) is 1. The second kappa shape index (κ2) is 13.9. The Bertz CT molecular complexity index is 549. The van der Waals surface area contributed by atoms with Gasteiger partial charge in [-0.3, -0.25) is 19.2 Å². The lowest BCUT2D eigenvalue weighted by Crippen LogP contribution is -2.50. The molecule has 0 aromatic rings. The first-order valence-corrected chi connectivity index (χ1v) is 10.2. The minimum atomic E-state index is -0.738. The van der Waals surface area contributed by atoms with E-state index >= 15 is 0 Å². The molecule has 1 aliphatic heterocycles. The number of amides is 4. The van der Waals surface area contributed by atoms with E-state index in [2.05, 4.69) is 16.0 Å². The summed E-state index contributed by atoms with van der Waals surface area (Å²) >= 11 is 0. The largest absolute Gasteiger partial charge is 0.368 e. The molecule has 0 saturated carbocycles. The third-order valence-corrected chi connectivity index (χ3v) is 4.41. The molecule has 0 aliphatic carbocycles. The van der Waals surface area contributed by atoms with Crippen LogP contribution >= 0.6 is 0 Å². The number of nitrogens with one attached hydrogen (secondary N) is 3. The van der Waals surface area contributed by atoms with Gasteiger partial charge in [0.05, 0.1) is 6.04 Å². The third-order valence-electron chi connectivity index (χ3n) is 4.41. The van der Waals surface area contributed by atoms with Gasteiger partial charge in [0.15, 0.2) is 0 Å². The van der Waals surface area contributed by atoms with Gasteiger partial charge in [-0.05, 0) is 40.5 Å². The number of primary amides is 1. The average molecular weight is 415 g/mol. The molecule has 4 unspecified atom stereocenters. The normalized spacial score (nSPS) is 17.2. The maximum Gasteiger partial charge on any atom is 0.242 e. The van der Waals surface area contributed by atoms with Crippen LogP contribution in [0.1, 0.15) is 53.9 Å². The summed E-state index contributed by atoms with van der Waals surface area (Å²) in [4.78, 5) is 46.7. The van der Waals surface area contributed by atoms with Gasteiger partial charge in [-0.15, -0.1) is 0 Å². The highest BCUT2D eigenvalue weighted by Crippen LogP contribution is 2.08. The Morgan fingerprint density at radius 1 is 0.931 bits per heavy atom. The highest BCUT2D eigenvalue weighted by molar-refractivity contribution is 5.91. The molecule has 168 valence electrons. The lowest BCUT2D eigenvalue weighted by molar-refractivity contribution is -0.132. The van der Waals surface area contributed by atoms with Crippen LogP contribution in [0.15, 0.2) is 0 Å². The molecular weight excluding hydrogens is 376 g/mol. The van der Waals surface area contributed by atoms with Crippen LogP contribution in [-0.4, -0.2) is 72.3 Å². The molecule has 29 heavy (non-hydrogen) atoms. The number of hydrogen-bond donors (Lipinski definition) is 5. The van der Waals surface area contributed by atoms with Crippen LogP contribution in [0, 0.1) is 0 Å². The summed E-state index contributed by atoms with van der Waals surface area (Å²) in [5, 5.41) is 7.99. The highest BCUT2D eigenvalue weighted by Gasteiger charge is 2.22. The third kappa shape index (κ3) is 11.4. The van der Waals surface area contributed by atoms with Crippen LogP contribution < -0.4 is 27.4 Å². The van der Waals surface area contributed by atoms with Crippen molar-refractivity contribution in [3.8, 4) is 0 Å². The van der Waals surface area contributed by atoms with Gasteiger partial charge in [-0.2, -0.15) is 0 Å². The van der Waals surface area contributed by atoms with Crippen LogP contribution in [0.25, 0.3) is 0 Å². The molecule has 10 nitrogen and oxygen atoms in total. The molecule has 4 amide bonds. The first-order chi connectivity index (χ1) is 13.5. The van der Waals surface area contributed by atoms with Crippen molar-refractivity contribution in [2.24, 2.45) is 11.5 Å².